The number of para-hydroxylation sites is 4. The lowest BCUT2D eigenvalue weighted by Gasteiger charge is -2.18. The third-order valence-electron chi connectivity index (χ3n) is 10.4. The van der Waals surface area contributed by atoms with Crippen LogP contribution < -0.4 is 0 Å². The molecule has 0 N–H and O–H groups in total. The van der Waals surface area contributed by atoms with E-state index in [0.29, 0.717) is 55.2 Å². The first-order valence-corrected chi connectivity index (χ1v) is 16.6. The monoisotopic (exact) mass is 674 g/mol. The lowest BCUT2D eigenvalue weighted by molar-refractivity contribution is 0.583. The van der Waals surface area contributed by atoms with Crippen molar-refractivity contribution in [2.75, 3.05) is 0 Å². The Hall–Kier alpha value is -7.42. The van der Waals surface area contributed by atoms with Crippen LogP contribution in [-0.2, 0) is 0 Å². The van der Waals surface area contributed by atoms with Crippen molar-refractivity contribution in [3.8, 4) is 23.5 Å². The van der Waals surface area contributed by atoms with Gasteiger partial charge in [-0.3, -0.25) is 0 Å². The van der Waals surface area contributed by atoms with Gasteiger partial charge in [0.05, 0.1) is 32.8 Å². The predicted molar refractivity (Wildman–Crippen MR) is 199 cm³/mol. The molecule has 0 spiro atoms. The summed E-state index contributed by atoms with van der Waals surface area (Å²) in [4.78, 5) is 0. The fourth-order valence-corrected chi connectivity index (χ4v) is 8.24. The molecule has 0 aliphatic carbocycles. The van der Waals surface area contributed by atoms with E-state index in [1.807, 2.05) is 121 Å². The second kappa shape index (κ2) is 10.1. The van der Waals surface area contributed by atoms with Crippen molar-refractivity contribution in [3.05, 3.63) is 144 Å². The molecule has 4 heterocycles. The van der Waals surface area contributed by atoms with Crippen molar-refractivity contribution in [1.29, 1.82) is 10.5 Å². The number of benzene rings is 7. The predicted octanol–water partition coefficient (Wildman–Crippen LogP) is 11.7. The first-order valence-electron chi connectivity index (χ1n) is 16.6. The van der Waals surface area contributed by atoms with Crippen molar-refractivity contribution in [2.45, 2.75) is 0 Å². The minimum absolute atomic E-state index is 0.300. The van der Waals surface area contributed by atoms with Crippen LogP contribution in [0.15, 0.2) is 130 Å². The Kier molecular flexibility index (Phi) is 5.50. The first kappa shape index (κ1) is 28.4. The number of hydrogen-bond donors (Lipinski definition) is 0. The maximum Gasteiger partial charge on any atom is 0.174 e. The Bertz CT molecular complexity index is 3250. The number of fused-ring (bicyclic) bond motifs is 14. The van der Waals surface area contributed by atoms with Crippen LogP contribution in [-0.4, -0.2) is 9.13 Å². The Labute approximate surface area is 291 Å². The number of furan rings is 2. The molecule has 0 bridgehead atoms. The van der Waals surface area contributed by atoms with Gasteiger partial charge in [0.2, 0.25) is 0 Å². The summed E-state index contributed by atoms with van der Waals surface area (Å²) in [7, 11) is 0. The van der Waals surface area contributed by atoms with Gasteiger partial charge in [-0.25, -0.2) is 8.78 Å². The van der Waals surface area contributed by atoms with Crippen LogP contribution >= 0.6 is 0 Å². The molecule has 7 aromatic carbocycles. The molecule has 52 heavy (non-hydrogen) atoms. The molecule has 0 unspecified atom stereocenters. The van der Waals surface area contributed by atoms with Gasteiger partial charge in [0.1, 0.15) is 57.0 Å². The fraction of sp³-hybridized carbons (Fsp3) is 0. The molecule has 6 nitrogen and oxygen atoms in total. The molecule has 11 rings (SSSR count). The molecule has 0 fully saturated rings. The highest BCUT2D eigenvalue weighted by atomic mass is 19.1. The van der Waals surface area contributed by atoms with Crippen LogP contribution in [0.5, 0.6) is 0 Å². The van der Waals surface area contributed by atoms with E-state index in [-0.39, 0.29) is 11.4 Å². The molecule has 0 aliphatic rings. The van der Waals surface area contributed by atoms with Crippen molar-refractivity contribution < 1.29 is 17.6 Å². The van der Waals surface area contributed by atoms with Crippen LogP contribution in [0.2, 0.25) is 0 Å². The Morgan fingerprint density at radius 3 is 1.27 bits per heavy atom. The zero-order valence-electron chi connectivity index (χ0n) is 26.9. The zero-order valence-corrected chi connectivity index (χ0v) is 26.9. The van der Waals surface area contributed by atoms with Gasteiger partial charge in [-0.1, -0.05) is 72.8 Å². The molecule has 0 radical (unpaired) electrons. The number of hydrogen-bond acceptors (Lipinski definition) is 4. The van der Waals surface area contributed by atoms with Crippen molar-refractivity contribution in [1.82, 2.24) is 9.13 Å². The molecule has 0 atom stereocenters. The smallest absolute Gasteiger partial charge is 0.174 e. The SMILES string of the molecule is N#Cc1c(F)c(C#N)c(-n2c3ccccc3c3c4oc5ccccc5c4ccc32)c(F)c1-n1c2ccccc2c2c3oc4ccccc4c3ccc21. The van der Waals surface area contributed by atoms with Crippen molar-refractivity contribution in [2.24, 2.45) is 0 Å². The number of nitrogens with zero attached hydrogens (tertiary/aromatic N) is 4. The summed E-state index contributed by atoms with van der Waals surface area (Å²) in [6.45, 7) is 0. The average molecular weight is 675 g/mol. The fourth-order valence-electron chi connectivity index (χ4n) is 8.24. The first-order chi connectivity index (χ1) is 25.6. The summed E-state index contributed by atoms with van der Waals surface area (Å²) in [5, 5.41) is 27.5. The van der Waals surface area contributed by atoms with Gasteiger partial charge in [-0.15, -0.1) is 0 Å². The van der Waals surface area contributed by atoms with Crippen molar-refractivity contribution >= 4 is 87.5 Å². The van der Waals surface area contributed by atoms with Crippen LogP contribution in [0.1, 0.15) is 11.1 Å². The molecule has 0 amide bonds. The van der Waals surface area contributed by atoms with Crippen LogP contribution in [0.25, 0.3) is 98.9 Å². The summed E-state index contributed by atoms with van der Waals surface area (Å²) >= 11 is 0. The average Bonchev–Trinajstić information content (AvgIpc) is 3.93. The number of rotatable bonds is 2. The lowest BCUT2D eigenvalue weighted by Crippen LogP contribution is -2.12. The molecule has 11 aromatic rings. The van der Waals surface area contributed by atoms with Gasteiger partial charge in [0, 0.05) is 32.3 Å². The van der Waals surface area contributed by atoms with Crippen molar-refractivity contribution in [3.63, 3.8) is 0 Å². The minimum atomic E-state index is -1.11. The van der Waals surface area contributed by atoms with E-state index in [4.69, 9.17) is 8.83 Å². The minimum Gasteiger partial charge on any atom is -0.455 e. The van der Waals surface area contributed by atoms with Gasteiger partial charge >= 0.3 is 0 Å². The second-order valence-corrected chi connectivity index (χ2v) is 12.9. The van der Waals surface area contributed by atoms with Gasteiger partial charge in [-0.05, 0) is 48.5 Å². The van der Waals surface area contributed by atoms with Crippen LogP contribution in [0.4, 0.5) is 8.78 Å². The lowest BCUT2D eigenvalue weighted by atomic mass is 10.0. The number of halogens is 2. The van der Waals surface area contributed by atoms with E-state index in [1.54, 1.807) is 21.3 Å². The topological polar surface area (TPSA) is 83.7 Å². The van der Waals surface area contributed by atoms with E-state index in [9.17, 15) is 10.5 Å². The van der Waals surface area contributed by atoms with Crippen LogP contribution in [0.3, 0.4) is 0 Å². The highest BCUT2D eigenvalue weighted by molar-refractivity contribution is 6.25. The van der Waals surface area contributed by atoms with Gasteiger partial charge < -0.3 is 18.0 Å². The highest BCUT2D eigenvalue weighted by Gasteiger charge is 2.32. The third kappa shape index (κ3) is 3.43. The quantitative estimate of drug-likeness (QED) is 0.183. The van der Waals surface area contributed by atoms with E-state index >= 15 is 8.78 Å². The zero-order chi connectivity index (χ0) is 34.8. The van der Waals surface area contributed by atoms with Crippen LogP contribution in [0, 0.1) is 34.3 Å². The Morgan fingerprint density at radius 1 is 0.423 bits per heavy atom. The van der Waals surface area contributed by atoms with E-state index < -0.39 is 22.8 Å². The Morgan fingerprint density at radius 2 is 0.827 bits per heavy atom. The largest absolute Gasteiger partial charge is 0.455 e. The molecule has 0 saturated heterocycles. The molecule has 8 heteroatoms. The highest BCUT2D eigenvalue weighted by Crippen LogP contribution is 2.45. The summed E-state index contributed by atoms with van der Waals surface area (Å²) in [6, 6.07) is 41.5. The number of nitriles is 2. The summed E-state index contributed by atoms with van der Waals surface area (Å²) < 4.78 is 50.8. The second-order valence-electron chi connectivity index (χ2n) is 12.9. The molecule has 0 aliphatic heterocycles. The van der Waals surface area contributed by atoms with E-state index in [0.717, 1.165) is 32.3 Å². The van der Waals surface area contributed by atoms with E-state index in [1.165, 1.54) is 0 Å². The maximum atomic E-state index is 18.0. The standard InChI is InChI=1S/C44H20F2N4O2/c45-39-29(21-47)41(49-31-13-5-1-11-27(31)37-33(49)19-17-25-23-9-3-7-15-35(23)51-43(25)37)40(46)42(30(39)22-48)50-32-14-6-2-12-28(32)38-34(50)20-18-26-24-10-4-8-16-36(24)52-44(26)38/h1-20H. The summed E-state index contributed by atoms with van der Waals surface area (Å²) in [6.07, 6.45) is 0. The molecule has 4 aromatic heterocycles. The van der Waals surface area contributed by atoms with Gasteiger partial charge in [0.25, 0.3) is 0 Å². The third-order valence-corrected chi connectivity index (χ3v) is 10.4. The molecular weight excluding hydrogens is 655 g/mol. The molecule has 0 saturated carbocycles. The summed E-state index contributed by atoms with van der Waals surface area (Å²) in [5.41, 5.74) is 2.95. The van der Waals surface area contributed by atoms with Gasteiger partial charge in [0.15, 0.2) is 11.6 Å². The maximum absolute atomic E-state index is 18.0. The number of aromatic nitrogens is 2. The molecular formula is C44H20F2N4O2. The summed E-state index contributed by atoms with van der Waals surface area (Å²) in [5.74, 6) is -2.03. The molecule has 242 valence electrons. The van der Waals surface area contributed by atoms with Gasteiger partial charge in [-0.2, -0.15) is 10.5 Å². The Balaban J connectivity index is 1.32. The van der Waals surface area contributed by atoms with E-state index in [2.05, 4.69) is 0 Å². The normalized spacial score (nSPS) is 12.0.